The molecule has 106 valence electrons. The number of anilines is 1. The van der Waals surface area contributed by atoms with Gasteiger partial charge in [-0.3, -0.25) is 0 Å². The molecule has 0 saturated carbocycles. The molecule has 0 amide bonds. The van der Waals surface area contributed by atoms with E-state index in [4.69, 9.17) is 9.47 Å². The molecule has 1 atom stereocenters. The normalized spacial score (nSPS) is 15.1. The highest BCUT2D eigenvalue weighted by molar-refractivity contribution is 5.94. The van der Waals surface area contributed by atoms with Gasteiger partial charge in [-0.25, -0.2) is 4.98 Å². The molecule has 1 unspecified atom stereocenters. The molecule has 1 aliphatic rings. The van der Waals surface area contributed by atoms with Crippen molar-refractivity contribution in [3.05, 3.63) is 24.4 Å². The smallest absolute Gasteiger partial charge is 0.162 e. The molecular formula is C15H18N2O3. The molecule has 5 nitrogen and oxygen atoms in total. The molecule has 2 heterocycles. The van der Waals surface area contributed by atoms with Crippen molar-refractivity contribution in [2.24, 2.45) is 0 Å². The Bertz CT molecular complexity index is 613. The standard InChI is InChI=1S/C15H18N2O3/c1-10(18)2-4-16-15-12-9-14-13(19-6-7-20-14)8-11(12)3-5-17-15/h3,5,8-10,18H,2,4,6-7H2,1H3,(H,16,17). The molecule has 0 saturated heterocycles. The van der Waals surface area contributed by atoms with Gasteiger partial charge in [-0.1, -0.05) is 0 Å². The molecule has 1 aromatic carbocycles. The lowest BCUT2D eigenvalue weighted by molar-refractivity contribution is 0.172. The molecule has 1 aliphatic heterocycles. The summed E-state index contributed by atoms with van der Waals surface area (Å²) < 4.78 is 11.2. The molecule has 0 fully saturated rings. The number of fused-ring (bicyclic) bond motifs is 2. The first kappa shape index (κ1) is 13.0. The second kappa shape index (κ2) is 5.54. The van der Waals surface area contributed by atoms with E-state index < -0.39 is 0 Å². The second-order valence-electron chi connectivity index (χ2n) is 4.94. The van der Waals surface area contributed by atoms with Crippen molar-refractivity contribution in [3.63, 3.8) is 0 Å². The van der Waals surface area contributed by atoms with Gasteiger partial charge in [0, 0.05) is 18.1 Å². The zero-order valence-electron chi connectivity index (χ0n) is 11.4. The van der Waals surface area contributed by atoms with Crippen molar-refractivity contribution in [2.45, 2.75) is 19.4 Å². The summed E-state index contributed by atoms with van der Waals surface area (Å²) in [5.74, 6) is 2.35. The quantitative estimate of drug-likeness (QED) is 0.894. The third kappa shape index (κ3) is 2.63. The number of ether oxygens (including phenoxy) is 2. The Morgan fingerprint density at radius 1 is 1.30 bits per heavy atom. The van der Waals surface area contributed by atoms with Gasteiger partial charge in [0.25, 0.3) is 0 Å². The van der Waals surface area contributed by atoms with Crippen LogP contribution in [0.5, 0.6) is 11.5 Å². The average Bonchev–Trinajstić information content (AvgIpc) is 2.45. The number of pyridine rings is 1. The molecule has 2 aromatic rings. The monoisotopic (exact) mass is 274 g/mol. The minimum atomic E-state index is -0.318. The Hall–Kier alpha value is -2.01. The van der Waals surface area contributed by atoms with Crippen LogP contribution >= 0.6 is 0 Å². The van der Waals surface area contributed by atoms with E-state index in [0.29, 0.717) is 26.2 Å². The topological polar surface area (TPSA) is 63.6 Å². The third-order valence-electron chi connectivity index (χ3n) is 3.28. The van der Waals surface area contributed by atoms with Crippen molar-refractivity contribution in [3.8, 4) is 11.5 Å². The maximum absolute atomic E-state index is 9.30. The van der Waals surface area contributed by atoms with Crippen LogP contribution in [0.3, 0.4) is 0 Å². The Morgan fingerprint density at radius 2 is 2.05 bits per heavy atom. The van der Waals surface area contributed by atoms with Crippen LogP contribution < -0.4 is 14.8 Å². The zero-order chi connectivity index (χ0) is 13.9. The SMILES string of the molecule is CC(O)CCNc1nccc2cc3c(cc12)OCCO3. The van der Waals surface area contributed by atoms with Gasteiger partial charge in [-0.15, -0.1) is 0 Å². The average molecular weight is 274 g/mol. The highest BCUT2D eigenvalue weighted by Crippen LogP contribution is 2.36. The van der Waals surface area contributed by atoms with Crippen molar-refractivity contribution >= 4 is 16.6 Å². The highest BCUT2D eigenvalue weighted by atomic mass is 16.6. The summed E-state index contributed by atoms with van der Waals surface area (Å²) in [6, 6.07) is 5.89. The number of hydrogen-bond donors (Lipinski definition) is 2. The molecule has 0 bridgehead atoms. The number of aromatic nitrogens is 1. The number of benzene rings is 1. The molecular weight excluding hydrogens is 256 g/mol. The second-order valence-corrected chi connectivity index (χ2v) is 4.94. The van der Waals surface area contributed by atoms with E-state index >= 15 is 0 Å². The van der Waals surface area contributed by atoms with E-state index in [-0.39, 0.29) is 6.10 Å². The minimum absolute atomic E-state index is 0.318. The van der Waals surface area contributed by atoms with Gasteiger partial charge < -0.3 is 19.9 Å². The fourth-order valence-corrected chi connectivity index (χ4v) is 2.25. The first-order chi connectivity index (χ1) is 9.74. The Morgan fingerprint density at radius 3 is 2.80 bits per heavy atom. The van der Waals surface area contributed by atoms with Crippen molar-refractivity contribution < 1.29 is 14.6 Å². The first-order valence-corrected chi connectivity index (χ1v) is 6.84. The molecule has 0 aliphatic carbocycles. The highest BCUT2D eigenvalue weighted by Gasteiger charge is 2.14. The minimum Gasteiger partial charge on any atom is -0.486 e. The summed E-state index contributed by atoms with van der Waals surface area (Å²) >= 11 is 0. The van der Waals surface area contributed by atoms with Crippen molar-refractivity contribution in [2.75, 3.05) is 25.1 Å². The predicted octanol–water partition coefficient (Wildman–Crippen LogP) is 2.19. The number of aliphatic hydroxyl groups is 1. The van der Waals surface area contributed by atoms with Gasteiger partial charge in [-0.05, 0) is 36.9 Å². The lowest BCUT2D eigenvalue weighted by atomic mass is 10.1. The van der Waals surface area contributed by atoms with Crippen molar-refractivity contribution in [1.82, 2.24) is 4.98 Å². The number of rotatable bonds is 4. The van der Waals surface area contributed by atoms with E-state index in [9.17, 15) is 5.11 Å². The third-order valence-corrected chi connectivity index (χ3v) is 3.28. The summed E-state index contributed by atoms with van der Waals surface area (Å²) in [7, 11) is 0. The summed E-state index contributed by atoms with van der Waals surface area (Å²) in [6.07, 6.45) is 2.13. The van der Waals surface area contributed by atoms with Gasteiger partial charge in [0.05, 0.1) is 6.10 Å². The van der Waals surface area contributed by atoms with E-state index in [2.05, 4.69) is 10.3 Å². The van der Waals surface area contributed by atoms with E-state index in [1.165, 1.54) is 0 Å². The molecule has 2 N–H and O–H groups in total. The van der Waals surface area contributed by atoms with Crippen molar-refractivity contribution in [1.29, 1.82) is 0 Å². The Kier molecular flexibility index (Phi) is 3.60. The Balaban J connectivity index is 1.92. The summed E-state index contributed by atoms with van der Waals surface area (Å²) in [5, 5.41) is 14.6. The predicted molar refractivity (Wildman–Crippen MR) is 77.5 cm³/mol. The Labute approximate surface area is 117 Å². The fourth-order valence-electron chi connectivity index (χ4n) is 2.25. The van der Waals surface area contributed by atoms with Crippen LogP contribution in [-0.2, 0) is 0 Å². The molecule has 3 rings (SSSR count). The number of hydrogen-bond acceptors (Lipinski definition) is 5. The van der Waals surface area contributed by atoms with E-state index in [0.717, 1.165) is 28.1 Å². The van der Waals surface area contributed by atoms with E-state index in [1.54, 1.807) is 13.1 Å². The largest absolute Gasteiger partial charge is 0.486 e. The first-order valence-electron chi connectivity index (χ1n) is 6.84. The lowest BCUT2D eigenvalue weighted by Crippen LogP contribution is -2.15. The van der Waals surface area contributed by atoms with Crippen LogP contribution in [0.25, 0.3) is 10.8 Å². The van der Waals surface area contributed by atoms with Crippen LogP contribution in [-0.4, -0.2) is 36.0 Å². The van der Waals surface area contributed by atoms with Crippen LogP contribution in [0.2, 0.25) is 0 Å². The maximum Gasteiger partial charge on any atom is 0.162 e. The van der Waals surface area contributed by atoms with Crippen LogP contribution in [0.4, 0.5) is 5.82 Å². The number of aliphatic hydroxyl groups excluding tert-OH is 1. The molecule has 20 heavy (non-hydrogen) atoms. The number of nitrogens with zero attached hydrogens (tertiary/aromatic N) is 1. The van der Waals surface area contributed by atoms with Gasteiger partial charge >= 0.3 is 0 Å². The molecule has 5 heteroatoms. The van der Waals surface area contributed by atoms with Crippen LogP contribution in [0, 0.1) is 0 Å². The van der Waals surface area contributed by atoms with E-state index in [1.807, 2.05) is 18.2 Å². The van der Waals surface area contributed by atoms with Crippen LogP contribution in [0.15, 0.2) is 24.4 Å². The summed E-state index contributed by atoms with van der Waals surface area (Å²) in [4.78, 5) is 4.36. The number of nitrogens with one attached hydrogen (secondary N) is 1. The maximum atomic E-state index is 9.30. The van der Waals surface area contributed by atoms with Gasteiger partial charge in [-0.2, -0.15) is 0 Å². The van der Waals surface area contributed by atoms with Gasteiger partial charge in [0.15, 0.2) is 11.5 Å². The molecule has 0 spiro atoms. The lowest BCUT2D eigenvalue weighted by Gasteiger charge is -2.19. The van der Waals surface area contributed by atoms with Gasteiger partial charge in [0.2, 0.25) is 0 Å². The molecule has 0 radical (unpaired) electrons. The van der Waals surface area contributed by atoms with Gasteiger partial charge in [0.1, 0.15) is 19.0 Å². The fraction of sp³-hybridized carbons (Fsp3) is 0.400. The van der Waals surface area contributed by atoms with Crippen LogP contribution in [0.1, 0.15) is 13.3 Å². The zero-order valence-corrected chi connectivity index (χ0v) is 11.4. The summed E-state index contributed by atoms with van der Waals surface area (Å²) in [5.41, 5.74) is 0. The molecule has 1 aromatic heterocycles. The summed E-state index contributed by atoms with van der Waals surface area (Å²) in [6.45, 7) is 3.62.